The maximum absolute atomic E-state index is 13.1. The van der Waals surface area contributed by atoms with E-state index in [1.165, 1.54) is 6.07 Å². The second-order valence-electron chi connectivity index (χ2n) is 4.60. The minimum Gasteiger partial charge on any atom is -0.356 e. The van der Waals surface area contributed by atoms with Gasteiger partial charge in [-0.05, 0) is 36.3 Å². The van der Waals surface area contributed by atoms with Gasteiger partial charge in [0.25, 0.3) is 0 Å². The van der Waals surface area contributed by atoms with Gasteiger partial charge >= 0.3 is 0 Å². The molecular weight excluding hydrogens is 290 g/mol. The van der Waals surface area contributed by atoms with Crippen molar-refractivity contribution < 1.29 is 8.78 Å². The van der Waals surface area contributed by atoms with Crippen LogP contribution in [0.15, 0.2) is 48.5 Å². The van der Waals surface area contributed by atoms with E-state index in [1.807, 2.05) is 37.3 Å². The summed E-state index contributed by atoms with van der Waals surface area (Å²) in [6, 6.07) is 13.6. The Bertz CT molecular complexity index is 617. The Hall–Kier alpha value is -2.01. The molecule has 0 aliphatic rings. The van der Waals surface area contributed by atoms with E-state index in [0.29, 0.717) is 10.8 Å². The van der Waals surface area contributed by atoms with E-state index in [4.69, 9.17) is 12.2 Å². The van der Waals surface area contributed by atoms with Gasteiger partial charge in [-0.1, -0.05) is 37.3 Å². The summed E-state index contributed by atoms with van der Waals surface area (Å²) < 4.78 is 26.0. The van der Waals surface area contributed by atoms with Gasteiger partial charge in [0.15, 0.2) is 16.7 Å². The molecule has 2 aromatic carbocycles. The van der Waals surface area contributed by atoms with Gasteiger partial charge < -0.3 is 10.6 Å². The Labute approximate surface area is 128 Å². The van der Waals surface area contributed by atoms with E-state index in [2.05, 4.69) is 10.6 Å². The Morgan fingerprint density at radius 3 is 2.43 bits per heavy atom. The normalized spacial score (nSPS) is 11.8. The third kappa shape index (κ3) is 4.23. The Morgan fingerprint density at radius 2 is 1.81 bits per heavy atom. The van der Waals surface area contributed by atoms with Gasteiger partial charge in [-0.3, -0.25) is 0 Å². The van der Waals surface area contributed by atoms with Crippen LogP contribution in [0.25, 0.3) is 0 Å². The van der Waals surface area contributed by atoms with Crippen LogP contribution in [0.5, 0.6) is 0 Å². The van der Waals surface area contributed by atoms with Crippen molar-refractivity contribution >= 4 is 23.0 Å². The summed E-state index contributed by atoms with van der Waals surface area (Å²) in [6.45, 7) is 2.05. The number of hydrogen-bond donors (Lipinski definition) is 2. The number of thiocarbonyl (C=S) groups is 1. The number of rotatable bonds is 4. The van der Waals surface area contributed by atoms with Crippen LogP contribution in [0.2, 0.25) is 0 Å². The Morgan fingerprint density at radius 1 is 1.10 bits per heavy atom. The molecule has 0 amide bonds. The first-order chi connectivity index (χ1) is 10.1. The monoisotopic (exact) mass is 306 g/mol. The average Bonchev–Trinajstić information content (AvgIpc) is 2.49. The fraction of sp³-hybridized carbons (Fsp3) is 0.188. The summed E-state index contributed by atoms with van der Waals surface area (Å²) in [5.41, 5.74) is 1.53. The molecule has 0 aromatic heterocycles. The van der Waals surface area contributed by atoms with E-state index in [9.17, 15) is 8.78 Å². The molecule has 0 saturated carbocycles. The van der Waals surface area contributed by atoms with Crippen molar-refractivity contribution in [1.82, 2.24) is 5.32 Å². The third-order valence-electron chi connectivity index (χ3n) is 3.09. The quantitative estimate of drug-likeness (QED) is 0.819. The third-order valence-corrected chi connectivity index (χ3v) is 3.31. The molecule has 2 aromatic rings. The molecule has 1 atom stereocenters. The van der Waals surface area contributed by atoms with Crippen molar-refractivity contribution in [3.8, 4) is 0 Å². The summed E-state index contributed by atoms with van der Waals surface area (Å²) in [5, 5.41) is 6.40. The molecule has 2 nitrogen and oxygen atoms in total. The van der Waals surface area contributed by atoms with Crippen molar-refractivity contribution in [3.63, 3.8) is 0 Å². The molecule has 2 N–H and O–H groups in total. The van der Waals surface area contributed by atoms with Crippen LogP contribution < -0.4 is 10.6 Å². The molecule has 0 unspecified atom stereocenters. The maximum Gasteiger partial charge on any atom is 0.171 e. The zero-order valence-electron chi connectivity index (χ0n) is 11.6. The van der Waals surface area contributed by atoms with Crippen molar-refractivity contribution in [2.45, 2.75) is 19.4 Å². The van der Waals surface area contributed by atoms with Crippen LogP contribution in [0.3, 0.4) is 0 Å². The zero-order chi connectivity index (χ0) is 15.2. The summed E-state index contributed by atoms with van der Waals surface area (Å²) in [7, 11) is 0. The van der Waals surface area contributed by atoms with Crippen molar-refractivity contribution in [1.29, 1.82) is 0 Å². The highest BCUT2D eigenvalue weighted by Gasteiger charge is 2.10. The van der Waals surface area contributed by atoms with E-state index in [0.717, 1.165) is 24.1 Å². The summed E-state index contributed by atoms with van der Waals surface area (Å²) in [4.78, 5) is 0. The fourth-order valence-electron chi connectivity index (χ4n) is 2.01. The molecule has 0 aliphatic carbocycles. The largest absolute Gasteiger partial charge is 0.356 e. The van der Waals surface area contributed by atoms with Crippen LogP contribution in [0, 0.1) is 11.6 Å². The van der Waals surface area contributed by atoms with Crippen molar-refractivity contribution in [2.24, 2.45) is 0 Å². The van der Waals surface area contributed by atoms with Crippen LogP contribution in [-0.4, -0.2) is 5.11 Å². The van der Waals surface area contributed by atoms with Crippen LogP contribution >= 0.6 is 12.2 Å². The molecule has 5 heteroatoms. The fourth-order valence-corrected chi connectivity index (χ4v) is 2.27. The van der Waals surface area contributed by atoms with Gasteiger partial charge in [-0.25, -0.2) is 8.78 Å². The summed E-state index contributed by atoms with van der Waals surface area (Å²) in [6.07, 6.45) is 0.851. The van der Waals surface area contributed by atoms with Gasteiger partial charge in [0.2, 0.25) is 0 Å². The second-order valence-corrected chi connectivity index (χ2v) is 5.01. The summed E-state index contributed by atoms with van der Waals surface area (Å²) in [5.74, 6) is -1.78. The van der Waals surface area contributed by atoms with Crippen molar-refractivity contribution in [3.05, 3.63) is 65.7 Å². The average molecular weight is 306 g/mol. The highest BCUT2D eigenvalue weighted by molar-refractivity contribution is 7.80. The van der Waals surface area contributed by atoms with E-state index < -0.39 is 11.6 Å². The smallest absolute Gasteiger partial charge is 0.171 e. The molecule has 0 bridgehead atoms. The molecule has 0 spiro atoms. The molecule has 0 heterocycles. The molecule has 21 heavy (non-hydrogen) atoms. The predicted molar refractivity (Wildman–Crippen MR) is 85.2 cm³/mol. The van der Waals surface area contributed by atoms with Crippen LogP contribution in [0.4, 0.5) is 14.5 Å². The minimum absolute atomic E-state index is 0.0662. The lowest BCUT2D eigenvalue weighted by atomic mass is 10.1. The number of hydrogen-bond acceptors (Lipinski definition) is 1. The molecule has 0 fully saturated rings. The van der Waals surface area contributed by atoms with Gasteiger partial charge in [0.1, 0.15) is 0 Å². The molecule has 0 aliphatic heterocycles. The second kappa shape index (κ2) is 7.13. The first-order valence-corrected chi connectivity index (χ1v) is 7.08. The maximum atomic E-state index is 13.1. The highest BCUT2D eigenvalue weighted by Crippen LogP contribution is 2.17. The topological polar surface area (TPSA) is 24.1 Å². The lowest BCUT2D eigenvalue weighted by Crippen LogP contribution is -2.32. The molecular formula is C16H16F2N2S. The Balaban J connectivity index is 2.01. The van der Waals surface area contributed by atoms with Gasteiger partial charge in [-0.15, -0.1) is 0 Å². The predicted octanol–water partition coefficient (Wildman–Crippen LogP) is 4.40. The molecule has 110 valence electrons. The zero-order valence-corrected chi connectivity index (χ0v) is 12.4. The number of halogens is 2. The SMILES string of the molecule is CC[C@H](NC(=S)Nc1ccc(F)c(F)c1)c1ccccc1. The highest BCUT2D eigenvalue weighted by atomic mass is 32.1. The lowest BCUT2D eigenvalue weighted by Gasteiger charge is -2.20. The van der Waals surface area contributed by atoms with Crippen molar-refractivity contribution in [2.75, 3.05) is 5.32 Å². The minimum atomic E-state index is -0.905. The lowest BCUT2D eigenvalue weighted by molar-refractivity contribution is 0.509. The van der Waals surface area contributed by atoms with Gasteiger partial charge in [0, 0.05) is 11.8 Å². The first kappa shape index (κ1) is 15.4. The first-order valence-electron chi connectivity index (χ1n) is 6.67. The number of benzene rings is 2. The molecule has 0 radical (unpaired) electrons. The number of anilines is 1. The van der Waals surface area contributed by atoms with E-state index in [1.54, 1.807) is 0 Å². The number of nitrogens with one attached hydrogen (secondary N) is 2. The van der Waals surface area contributed by atoms with Crippen LogP contribution in [0.1, 0.15) is 24.9 Å². The Kier molecular flexibility index (Phi) is 5.22. The molecule has 2 rings (SSSR count). The standard InChI is InChI=1S/C16H16F2N2S/c1-2-15(11-6-4-3-5-7-11)20-16(21)19-12-8-9-13(17)14(18)10-12/h3-10,15H,2H2,1H3,(H2,19,20,21)/t15-/m0/s1. The van der Waals surface area contributed by atoms with Crippen LogP contribution in [-0.2, 0) is 0 Å². The van der Waals surface area contributed by atoms with Gasteiger partial charge in [-0.2, -0.15) is 0 Å². The van der Waals surface area contributed by atoms with E-state index in [-0.39, 0.29) is 6.04 Å². The summed E-state index contributed by atoms with van der Waals surface area (Å²) >= 11 is 5.22. The molecule has 0 saturated heterocycles. The van der Waals surface area contributed by atoms with Gasteiger partial charge in [0.05, 0.1) is 6.04 Å². The van der Waals surface area contributed by atoms with E-state index >= 15 is 0 Å².